The largest absolute Gasteiger partial charge is 0.354 e. The van der Waals surface area contributed by atoms with Crippen LogP contribution in [0.15, 0.2) is 30.7 Å². The lowest BCUT2D eigenvalue weighted by atomic mass is 10.3. The molecule has 0 N–H and O–H groups in total. The first kappa shape index (κ1) is 16.1. The predicted octanol–water partition coefficient (Wildman–Crippen LogP) is 1.56. The number of nitrogens with zero attached hydrogens (tertiary/aromatic N) is 8. The molecule has 9 nitrogen and oxygen atoms in total. The van der Waals surface area contributed by atoms with Crippen molar-refractivity contribution in [3.8, 4) is 0 Å². The van der Waals surface area contributed by atoms with E-state index in [2.05, 4.69) is 26.1 Å². The van der Waals surface area contributed by atoms with E-state index < -0.39 is 0 Å². The maximum Gasteiger partial charge on any atom is 0.324 e. The van der Waals surface area contributed by atoms with Gasteiger partial charge in [0.25, 0.3) is 0 Å². The molecule has 5 rings (SSSR count). The molecule has 0 saturated carbocycles. The zero-order valence-corrected chi connectivity index (χ0v) is 15.5. The molecule has 9 heteroatoms. The average molecular weight is 366 g/mol. The smallest absolute Gasteiger partial charge is 0.324 e. The number of hydrogen-bond acceptors (Lipinski definition) is 5. The molecule has 5 heterocycles. The van der Waals surface area contributed by atoms with Crippen LogP contribution < -0.4 is 9.80 Å². The van der Waals surface area contributed by atoms with Crippen LogP contribution in [0.25, 0.3) is 5.65 Å². The molecule has 2 aliphatic heterocycles. The first-order valence-electron chi connectivity index (χ1n) is 9.23. The summed E-state index contributed by atoms with van der Waals surface area (Å²) in [6, 6.07) is 4.31. The lowest BCUT2D eigenvalue weighted by Crippen LogP contribution is -2.28. The third-order valence-corrected chi connectivity index (χ3v) is 5.45. The number of aryl methyl sites for hydroxylation is 1. The Bertz CT molecular complexity index is 1010. The Labute approximate surface area is 156 Å². The van der Waals surface area contributed by atoms with Crippen molar-refractivity contribution in [1.29, 1.82) is 0 Å². The highest BCUT2D eigenvalue weighted by atomic mass is 16.2. The molecule has 2 aliphatic rings. The highest BCUT2D eigenvalue weighted by molar-refractivity contribution is 5.93. The second-order valence-corrected chi connectivity index (χ2v) is 7.28. The van der Waals surface area contributed by atoms with Crippen molar-refractivity contribution < 1.29 is 4.79 Å². The summed E-state index contributed by atoms with van der Waals surface area (Å²) in [5.41, 5.74) is 2.73. The molecule has 0 spiro atoms. The third-order valence-electron chi connectivity index (χ3n) is 5.45. The fourth-order valence-corrected chi connectivity index (χ4v) is 3.96. The highest BCUT2D eigenvalue weighted by Gasteiger charge is 2.30. The number of rotatable bonds is 3. The number of anilines is 2. The topological polar surface area (TPSA) is 74.8 Å². The molecule has 0 aliphatic carbocycles. The zero-order valence-electron chi connectivity index (χ0n) is 15.5. The van der Waals surface area contributed by atoms with E-state index in [1.807, 2.05) is 35.4 Å². The van der Waals surface area contributed by atoms with E-state index in [0.29, 0.717) is 6.54 Å². The van der Waals surface area contributed by atoms with Crippen LogP contribution in [0.2, 0.25) is 0 Å². The number of hydrogen-bond donors (Lipinski definition) is 0. The fourth-order valence-electron chi connectivity index (χ4n) is 3.96. The molecule has 2 fully saturated rings. The van der Waals surface area contributed by atoms with Crippen molar-refractivity contribution in [3.63, 3.8) is 0 Å². The van der Waals surface area contributed by atoms with Crippen molar-refractivity contribution in [1.82, 2.24) is 29.3 Å². The summed E-state index contributed by atoms with van der Waals surface area (Å²) in [5.74, 6) is 1.06. The Morgan fingerprint density at radius 1 is 1.19 bits per heavy atom. The van der Waals surface area contributed by atoms with E-state index >= 15 is 0 Å². The van der Waals surface area contributed by atoms with E-state index in [0.717, 1.165) is 48.9 Å². The van der Waals surface area contributed by atoms with E-state index in [1.54, 1.807) is 22.2 Å². The summed E-state index contributed by atoms with van der Waals surface area (Å²) < 4.78 is 3.89. The molecule has 27 heavy (non-hydrogen) atoms. The number of carbonyl (C=O) groups excluding carboxylic acids is 1. The maximum absolute atomic E-state index is 12.2. The standard InChI is InChI=1S/C18H22N8O/c1-13-9-17(26-16(21-13)3-5-19-26)23-6-4-14(11-23)25-12-15(10-20-25)24-8-7-22(2)18(24)27/h3,5,9-10,12,14H,4,6-8,11H2,1-2H3. The number of urea groups is 1. The molecular formula is C18H22N8O. The van der Waals surface area contributed by atoms with Crippen molar-refractivity contribution in [2.45, 2.75) is 19.4 Å². The van der Waals surface area contributed by atoms with Crippen LogP contribution in [0, 0.1) is 6.92 Å². The quantitative estimate of drug-likeness (QED) is 0.703. The molecule has 1 unspecified atom stereocenters. The van der Waals surface area contributed by atoms with E-state index in [1.165, 1.54) is 0 Å². The Morgan fingerprint density at radius 2 is 2.07 bits per heavy atom. The molecule has 2 saturated heterocycles. The molecule has 0 radical (unpaired) electrons. The molecule has 3 aromatic rings. The minimum absolute atomic E-state index is 0.0379. The van der Waals surface area contributed by atoms with Gasteiger partial charge in [-0.25, -0.2) is 9.78 Å². The van der Waals surface area contributed by atoms with Gasteiger partial charge in [0.15, 0.2) is 5.65 Å². The molecule has 0 bridgehead atoms. The van der Waals surface area contributed by atoms with Gasteiger partial charge in [0, 0.05) is 57.3 Å². The number of likely N-dealkylation sites (N-methyl/N-ethyl adjacent to an activating group) is 1. The molecule has 2 amide bonds. The van der Waals surface area contributed by atoms with Crippen molar-refractivity contribution in [2.75, 3.05) is 43.0 Å². The summed E-state index contributed by atoms with van der Waals surface area (Å²) in [5, 5.41) is 8.96. The van der Waals surface area contributed by atoms with Crippen molar-refractivity contribution >= 4 is 23.2 Å². The van der Waals surface area contributed by atoms with Gasteiger partial charge in [0.05, 0.1) is 24.1 Å². The van der Waals surface area contributed by atoms with Gasteiger partial charge in [-0.15, -0.1) is 0 Å². The van der Waals surface area contributed by atoms with Gasteiger partial charge in [-0.3, -0.25) is 9.58 Å². The Hall–Kier alpha value is -3.10. The summed E-state index contributed by atoms with van der Waals surface area (Å²) in [4.78, 5) is 22.6. The van der Waals surface area contributed by atoms with Gasteiger partial charge in [-0.1, -0.05) is 0 Å². The number of carbonyl (C=O) groups is 1. The maximum atomic E-state index is 12.2. The summed E-state index contributed by atoms with van der Waals surface area (Å²) in [6.07, 6.45) is 6.57. The van der Waals surface area contributed by atoms with Gasteiger partial charge in [0.2, 0.25) is 0 Å². The minimum atomic E-state index is 0.0379. The lowest BCUT2D eigenvalue weighted by molar-refractivity contribution is 0.229. The van der Waals surface area contributed by atoms with Crippen LogP contribution in [-0.2, 0) is 0 Å². The van der Waals surface area contributed by atoms with E-state index in [-0.39, 0.29) is 12.1 Å². The van der Waals surface area contributed by atoms with Crippen molar-refractivity contribution in [3.05, 3.63) is 36.4 Å². The molecule has 0 aromatic carbocycles. The van der Waals surface area contributed by atoms with Crippen LogP contribution in [0.1, 0.15) is 18.2 Å². The minimum Gasteiger partial charge on any atom is -0.354 e. The summed E-state index contributed by atoms with van der Waals surface area (Å²) in [7, 11) is 1.83. The van der Waals surface area contributed by atoms with Gasteiger partial charge in [0.1, 0.15) is 5.82 Å². The van der Waals surface area contributed by atoms with Gasteiger partial charge >= 0.3 is 6.03 Å². The third kappa shape index (κ3) is 2.61. The van der Waals surface area contributed by atoms with E-state index in [9.17, 15) is 4.79 Å². The summed E-state index contributed by atoms with van der Waals surface area (Å²) in [6.45, 7) is 5.26. The Morgan fingerprint density at radius 3 is 2.89 bits per heavy atom. The van der Waals surface area contributed by atoms with Gasteiger partial charge in [-0.2, -0.15) is 14.7 Å². The zero-order chi connectivity index (χ0) is 18.5. The second kappa shape index (κ2) is 5.97. The monoisotopic (exact) mass is 366 g/mol. The van der Waals surface area contributed by atoms with Crippen LogP contribution >= 0.6 is 0 Å². The predicted molar refractivity (Wildman–Crippen MR) is 101 cm³/mol. The molecule has 3 aromatic heterocycles. The molecular weight excluding hydrogens is 344 g/mol. The number of amides is 2. The lowest BCUT2D eigenvalue weighted by Gasteiger charge is -2.20. The van der Waals surface area contributed by atoms with Crippen LogP contribution in [0.3, 0.4) is 0 Å². The van der Waals surface area contributed by atoms with Gasteiger partial charge in [-0.05, 0) is 13.3 Å². The Kier molecular flexibility index (Phi) is 3.56. The van der Waals surface area contributed by atoms with Gasteiger partial charge < -0.3 is 9.80 Å². The van der Waals surface area contributed by atoms with Crippen molar-refractivity contribution in [2.24, 2.45) is 0 Å². The molecule has 1 atom stereocenters. The molecule has 140 valence electrons. The first-order chi connectivity index (χ1) is 13.1. The van der Waals surface area contributed by atoms with Crippen LogP contribution in [-0.4, -0.2) is 68.5 Å². The average Bonchev–Trinajstić information content (AvgIpc) is 3.41. The second-order valence-electron chi connectivity index (χ2n) is 7.28. The van der Waals surface area contributed by atoms with Crippen LogP contribution in [0.4, 0.5) is 16.3 Å². The summed E-state index contributed by atoms with van der Waals surface area (Å²) >= 11 is 0. The Balaban J connectivity index is 1.37. The van der Waals surface area contributed by atoms with E-state index in [4.69, 9.17) is 0 Å². The SMILES string of the molecule is Cc1cc(N2CCC(n3cc(N4CCN(C)C4=O)cn3)C2)n2nccc2n1. The number of fused-ring (bicyclic) bond motifs is 1. The highest BCUT2D eigenvalue weighted by Crippen LogP contribution is 2.29. The van der Waals surface area contributed by atoms with Crippen LogP contribution in [0.5, 0.6) is 0 Å². The first-order valence-corrected chi connectivity index (χ1v) is 9.23. The fraction of sp³-hybridized carbons (Fsp3) is 0.444. The normalized spacial score (nSPS) is 20.4. The number of aromatic nitrogens is 5.